The van der Waals surface area contributed by atoms with Crippen molar-refractivity contribution >= 4 is 23.2 Å². The molecule has 184 valence electrons. The third-order valence-corrected chi connectivity index (χ3v) is 7.27. The second kappa shape index (κ2) is 9.08. The highest BCUT2D eigenvalue weighted by atomic mass is 32.1. The number of aromatic nitrogens is 2. The Labute approximate surface area is 202 Å². The Morgan fingerprint density at radius 1 is 1.17 bits per heavy atom. The molecule has 2 amide bonds. The summed E-state index contributed by atoms with van der Waals surface area (Å²) >= 11 is 0.947. The van der Waals surface area contributed by atoms with Gasteiger partial charge in [-0.2, -0.15) is 18.2 Å². The van der Waals surface area contributed by atoms with Crippen LogP contribution in [0.2, 0.25) is 0 Å². The molecule has 1 unspecified atom stereocenters. The predicted octanol–water partition coefficient (Wildman–Crippen LogP) is 3.51. The zero-order valence-corrected chi connectivity index (χ0v) is 19.2. The van der Waals surface area contributed by atoms with Gasteiger partial charge in [-0.15, -0.1) is 11.3 Å². The monoisotopic (exact) mass is 506 g/mol. The first-order chi connectivity index (χ1) is 16.8. The van der Waals surface area contributed by atoms with E-state index >= 15 is 0 Å². The molecule has 1 saturated heterocycles. The number of carbonyl (C=O) groups is 2. The predicted molar refractivity (Wildman–Crippen MR) is 119 cm³/mol. The molecule has 12 heteroatoms. The lowest BCUT2D eigenvalue weighted by Crippen LogP contribution is -2.56. The highest BCUT2D eigenvalue weighted by molar-refractivity contribution is 7.17. The molecule has 8 nitrogen and oxygen atoms in total. The number of ether oxygens (including phenoxy) is 1. The molecular formula is C23H21F3N4O4S. The van der Waals surface area contributed by atoms with Gasteiger partial charge in [-0.1, -0.05) is 35.5 Å². The van der Waals surface area contributed by atoms with Crippen molar-refractivity contribution in [1.29, 1.82) is 0 Å². The molecule has 0 spiro atoms. The molecule has 1 aromatic carbocycles. The van der Waals surface area contributed by atoms with E-state index in [1.54, 1.807) is 4.90 Å². The summed E-state index contributed by atoms with van der Waals surface area (Å²) in [7, 11) is 0. The van der Waals surface area contributed by atoms with E-state index in [1.807, 2.05) is 30.3 Å². The Hall–Kier alpha value is -3.25. The van der Waals surface area contributed by atoms with Crippen LogP contribution in [0, 0.1) is 0 Å². The van der Waals surface area contributed by atoms with E-state index in [-0.39, 0.29) is 34.1 Å². The number of halogens is 3. The normalized spacial score (nSPS) is 19.4. The van der Waals surface area contributed by atoms with Gasteiger partial charge in [-0.05, 0) is 30.5 Å². The molecule has 0 bridgehead atoms. The molecule has 1 aliphatic carbocycles. The summed E-state index contributed by atoms with van der Waals surface area (Å²) in [6, 6.07) is 12.3. The van der Waals surface area contributed by atoms with Gasteiger partial charge in [0.25, 0.3) is 5.91 Å². The lowest BCUT2D eigenvalue weighted by molar-refractivity contribution is -0.159. The Balaban J connectivity index is 1.24. The van der Waals surface area contributed by atoms with Crippen LogP contribution in [0.5, 0.6) is 0 Å². The van der Waals surface area contributed by atoms with Crippen LogP contribution in [0.3, 0.4) is 0 Å². The number of hydrogen-bond acceptors (Lipinski definition) is 7. The highest BCUT2D eigenvalue weighted by Crippen LogP contribution is 2.50. The SMILES string of the molecule is O=C(NCC1COCCN1C(=O)C1(c2ccccc2)CC1)c1ccc(-c2noc(C(F)(F)F)n2)s1. The summed E-state index contributed by atoms with van der Waals surface area (Å²) in [5, 5.41) is 6.15. The van der Waals surface area contributed by atoms with Crippen LogP contribution in [0.25, 0.3) is 10.7 Å². The van der Waals surface area contributed by atoms with Gasteiger partial charge in [0.15, 0.2) is 0 Å². The number of alkyl halides is 3. The van der Waals surface area contributed by atoms with E-state index in [0.29, 0.717) is 19.8 Å². The van der Waals surface area contributed by atoms with Crippen LogP contribution < -0.4 is 5.32 Å². The number of nitrogens with one attached hydrogen (secondary N) is 1. The molecule has 1 aliphatic heterocycles. The van der Waals surface area contributed by atoms with Gasteiger partial charge in [0.2, 0.25) is 11.7 Å². The molecule has 1 atom stereocenters. The number of amides is 2. The molecule has 2 fully saturated rings. The summed E-state index contributed by atoms with van der Waals surface area (Å²) in [6.45, 7) is 1.36. The molecule has 1 saturated carbocycles. The van der Waals surface area contributed by atoms with Gasteiger partial charge in [0.1, 0.15) is 0 Å². The topological polar surface area (TPSA) is 97.6 Å². The van der Waals surface area contributed by atoms with Crippen molar-refractivity contribution < 1.29 is 32.0 Å². The number of thiophene rings is 1. The largest absolute Gasteiger partial charge is 0.471 e. The Kier molecular flexibility index (Phi) is 6.09. The first kappa shape index (κ1) is 23.5. The fourth-order valence-electron chi connectivity index (χ4n) is 4.19. The van der Waals surface area contributed by atoms with E-state index in [2.05, 4.69) is 20.0 Å². The summed E-state index contributed by atoms with van der Waals surface area (Å²) < 4.78 is 47.9. The van der Waals surface area contributed by atoms with Gasteiger partial charge in [-0.3, -0.25) is 9.59 Å². The van der Waals surface area contributed by atoms with Crippen LogP contribution in [0.15, 0.2) is 47.0 Å². The van der Waals surface area contributed by atoms with E-state index in [4.69, 9.17) is 4.74 Å². The zero-order valence-electron chi connectivity index (χ0n) is 18.4. The van der Waals surface area contributed by atoms with Crippen LogP contribution in [0.4, 0.5) is 13.2 Å². The molecule has 1 N–H and O–H groups in total. The number of nitrogens with zero attached hydrogens (tertiary/aromatic N) is 3. The molecule has 3 aromatic rings. The van der Waals surface area contributed by atoms with Gasteiger partial charge >= 0.3 is 12.1 Å². The lowest BCUT2D eigenvalue weighted by Gasteiger charge is -2.38. The molecule has 3 heterocycles. The minimum atomic E-state index is -4.74. The maximum atomic E-state index is 13.5. The number of benzene rings is 1. The van der Waals surface area contributed by atoms with Gasteiger partial charge < -0.3 is 19.5 Å². The fraction of sp³-hybridized carbons (Fsp3) is 0.391. The Morgan fingerprint density at radius 3 is 2.63 bits per heavy atom. The number of carbonyl (C=O) groups excluding carboxylic acids is 2. The second-order valence-corrected chi connectivity index (χ2v) is 9.55. The quantitative estimate of drug-likeness (QED) is 0.550. The molecule has 0 radical (unpaired) electrons. The number of hydrogen-bond donors (Lipinski definition) is 1. The number of morpholine rings is 1. The van der Waals surface area contributed by atoms with E-state index in [0.717, 1.165) is 29.7 Å². The molecule has 5 rings (SSSR count). The van der Waals surface area contributed by atoms with Gasteiger partial charge in [0.05, 0.1) is 34.4 Å². The van der Waals surface area contributed by atoms with Crippen molar-refractivity contribution in [3.63, 3.8) is 0 Å². The smallest absolute Gasteiger partial charge is 0.377 e. The van der Waals surface area contributed by atoms with Crippen molar-refractivity contribution in [2.45, 2.75) is 30.5 Å². The molecule has 2 aliphatic rings. The Bertz CT molecular complexity index is 1220. The van der Waals surface area contributed by atoms with E-state index in [9.17, 15) is 22.8 Å². The average Bonchev–Trinajstić information content (AvgIpc) is 3.26. The molecular weight excluding hydrogens is 485 g/mol. The summed E-state index contributed by atoms with van der Waals surface area (Å²) in [6.07, 6.45) is -3.17. The third-order valence-electron chi connectivity index (χ3n) is 6.19. The minimum absolute atomic E-state index is 0.0437. The van der Waals surface area contributed by atoms with Crippen molar-refractivity contribution in [1.82, 2.24) is 20.4 Å². The van der Waals surface area contributed by atoms with Crippen LogP contribution in [0.1, 0.15) is 34.0 Å². The van der Waals surface area contributed by atoms with Crippen LogP contribution >= 0.6 is 11.3 Å². The maximum absolute atomic E-state index is 13.5. The van der Waals surface area contributed by atoms with E-state index in [1.165, 1.54) is 12.1 Å². The second-order valence-electron chi connectivity index (χ2n) is 8.47. The van der Waals surface area contributed by atoms with Crippen LogP contribution in [-0.4, -0.2) is 59.2 Å². The minimum Gasteiger partial charge on any atom is -0.377 e. The lowest BCUT2D eigenvalue weighted by atomic mass is 9.93. The average molecular weight is 507 g/mol. The summed E-state index contributed by atoms with van der Waals surface area (Å²) in [5.41, 5.74) is 0.490. The highest BCUT2D eigenvalue weighted by Gasteiger charge is 2.54. The standard InChI is InChI=1S/C23H21F3N4O4S/c24-23(25,26)20-28-18(29-34-20)16-6-7-17(35-16)19(31)27-12-15-13-33-11-10-30(15)21(32)22(8-9-22)14-4-2-1-3-5-14/h1-7,15H,8-13H2,(H,27,31). The molecule has 2 aromatic heterocycles. The van der Waals surface area contributed by atoms with Crippen molar-refractivity contribution in [3.05, 3.63) is 58.8 Å². The fourth-order valence-corrected chi connectivity index (χ4v) is 5.04. The van der Waals surface area contributed by atoms with Crippen molar-refractivity contribution in [3.8, 4) is 10.7 Å². The molecule has 35 heavy (non-hydrogen) atoms. The first-order valence-electron chi connectivity index (χ1n) is 11.0. The van der Waals surface area contributed by atoms with Crippen molar-refractivity contribution in [2.24, 2.45) is 0 Å². The van der Waals surface area contributed by atoms with E-state index < -0.39 is 23.4 Å². The summed E-state index contributed by atoms with van der Waals surface area (Å²) in [5.74, 6) is -2.06. The van der Waals surface area contributed by atoms with Crippen molar-refractivity contribution in [2.75, 3.05) is 26.3 Å². The maximum Gasteiger partial charge on any atom is 0.471 e. The Morgan fingerprint density at radius 2 is 1.94 bits per heavy atom. The summed E-state index contributed by atoms with van der Waals surface area (Å²) in [4.78, 5) is 31.9. The van der Waals surface area contributed by atoms with Gasteiger partial charge in [0, 0.05) is 13.1 Å². The third kappa shape index (κ3) is 4.67. The number of rotatable bonds is 6. The van der Waals surface area contributed by atoms with Crippen LogP contribution in [-0.2, 0) is 21.1 Å². The first-order valence-corrected chi connectivity index (χ1v) is 11.8. The zero-order chi connectivity index (χ0) is 24.6. The van der Waals surface area contributed by atoms with Gasteiger partial charge in [-0.25, -0.2) is 0 Å².